The van der Waals surface area contributed by atoms with Crippen LogP contribution in [-0.4, -0.2) is 50.3 Å². The minimum absolute atomic E-state index is 0.0766. The Morgan fingerprint density at radius 2 is 2.00 bits per heavy atom. The van der Waals surface area contributed by atoms with Gasteiger partial charge in [-0.25, -0.2) is 9.67 Å². The summed E-state index contributed by atoms with van der Waals surface area (Å²) in [6, 6.07) is 8.16. The van der Waals surface area contributed by atoms with Crippen molar-refractivity contribution < 1.29 is 9.47 Å². The maximum Gasteiger partial charge on any atom is 0.162 e. The van der Waals surface area contributed by atoms with Crippen molar-refractivity contribution in [3.63, 3.8) is 0 Å². The number of nitrogens with one attached hydrogen (secondary N) is 1. The Kier molecular flexibility index (Phi) is 4.25. The molecule has 1 saturated heterocycles. The predicted molar refractivity (Wildman–Crippen MR) is 98.7 cm³/mol. The quantitative estimate of drug-likeness (QED) is 0.760. The molecule has 0 aliphatic carbocycles. The van der Waals surface area contributed by atoms with Crippen LogP contribution in [0.3, 0.4) is 0 Å². The SMILES string of the molecule is c1ccc2c(c1)OCC(Cn1ccnc1-c1cn(C3CCNCC3)nn1)O2. The molecule has 2 aromatic heterocycles. The van der Waals surface area contributed by atoms with Gasteiger partial charge in [0.15, 0.2) is 23.4 Å². The van der Waals surface area contributed by atoms with E-state index in [9.17, 15) is 0 Å². The molecule has 0 radical (unpaired) electrons. The van der Waals surface area contributed by atoms with Crippen molar-refractivity contribution >= 4 is 0 Å². The van der Waals surface area contributed by atoms with Crippen molar-refractivity contribution in [3.05, 3.63) is 42.9 Å². The van der Waals surface area contributed by atoms with Crippen molar-refractivity contribution in [2.45, 2.75) is 31.5 Å². The highest BCUT2D eigenvalue weighted by Gasteiger charge is 2.23. The zero-order chi connectivity index (χ0) is 18.1. The van der Waals surface area contributed by atoms with Crippen molar-refractivity contribution in [3.8, 4) is 23.0 Å². The minimum atomic E-state index is -0.0766. The van der Waals surface area contributed by atoms with Gasteiger partial charge in [-0.3, -0.25) is 0 Å². The largest absolute Gasteiger partial charge is 0.486 e. The average molecular weight is 366 g/mol. The lowest BCUT2D eigenvalue weighted by Gasteiger charge is -2.26. The molecule has 2 aliphatic rings. The van der Waals surface area contributed by atoms with Gasteiger partial charge in [0, 0.05) is 12.4 Å². The molecular formula is C19H22N6O2. The lowest BCUT2D eigenvalue weighted by Crippen LogP contribution is -2.33. The second kappa shape index (κ2) is 7.03. The number of rotatable bonds is 4. The topological polar surface area (TPSA) is 79.0 Å². The zero-order valence-corrected chi connectivity index (χ0v) is 15.0. The molecule has 1 fully saturated rings. The Morgan fingerprint density at radius 3 is 2.89 bits per heavy atom. The molecular weight excluding hydrogens is 344 g/mol. The lowest BCUT2D eigenvalue weighted by molar-refractivity contribution is 0.0788. The van der Waals surface area contributed by atoms with Crippen molar-refractivity contribution in [1.82, 2.24) is 29.9 Å². The smallest absolute Gasteiger partial charge is 0.162 e. The monoisotopic (exact) mass is 366 g/mol. The number of fused-ring (bicyclic) bond motifs is 1. The van der Waals surface area contributed by atoms with Crippen LogP contribution in [0.4, 0.5) is 0 Å². The van der Waals surface area contributed by atoms with E-state index in [1.807, 2.05) is 41.3 Å². The van der Waals surface area contributed by atoms with Crippen LogP contribution in [0.15, 0.2) is 42.9 Å². The first-order chi connectivity index (χ1) is 13.4. The second-order valence-electron chi connectivity index (χ2n) is 6.97. The third-order valence-electron chi connectivity index (χ3n) is 5.11. The van der Waals surface area contributed by atoms with E-state index >= 15 is 0 Å². The molecule has 4 heterocycles. The van der Waals surface area contributed by atoms with Gasteiger partial charge in [-0.15, -0.1) is 5.10 Å². The number of hydrogen-bond donors (Lipinski definition) is 1. The maximum atomic E-state index is 6.07. The summed E-state index contributed by atoms with van der Waals surface area (Å²) in [5.41, 5.74) is 0.788. The van der Waals surface area contributed by atoms with Gasteiger partial charge in [0.05, 0.1) is 18.8 Å². The number of hydrogen-bond acceptors (Lipinski definition) is 6. The number of ether oxygens (including phenoxy) is 2. The van der Waals surface area contributed by atoms with Gasteiger partial charge >= 0.3 is 0 Å². The number of imidazole rings is 1. The average Bonchev–Trinajstić information content (AvgIpc) is 3.38. The summed E-state index contributed by atoms with van der Waals surface area (Å²) in [7, 11) is 0. The molecule has 1 unspecified atom stereocenters. The highest BCUT2D eigenvalue weighted by Crippen LogP contribution is 2.31. The summed E-state index contributed by atoms with van der Waals surface area (Å²) in [6.07, 6.45) is 7.81. The Balaban J connectivity index is 1.32. The molecule has 8 nitrogen and oxygen atoms in total. The fourth-order valence-corrected chi connectivity index (χ4v) is 3.69. The van der Waals surface area contributed by atoms with Crippen LogP contribution < -0.4 is 14.8 Å². The first-order valence-corrected chi connectivity index (χ1v) is 9.39. The Morgan fingerprint density at radius 1 is 1.15 bits per heavy atom. The number of benzene rings is 1. The van der Waals surface area contributed by atoms with Gasteiger partial charge in [0.25, 0.3) is 0 Å². The Bertz CT molecular complexity index is 914. The fraction of sp³-hybridized carbons (Fsp3) is 0.421. The first kappa shape index (κ1) is 16.3. The summed E-state index contributed by atoms with van der Waals surface area (Å²) in [5.74, 6) is 2.38. The molecule has 140 valence electrons. The van der Waals surface area contributed by atoms with Gasteiger partial charge in [0.1, 0.15) is 12.3 Å². The minimum Gasteiger partial charge on any atom is -0.486 e. The van der Waals surface area contributed by atoms with Gasteiger partial charge in [0.2, 0.25) is 0 Å². The van der Waals surface area contributed by atoms with Gasteiger partial charge in [-0.1, -0.05) is 17.3 Å². The van der Waals surface area contributed by atoms with Crippen molar-refractivity contribution in [2.24, 2.45) is 0 Å². The predicted octanol–water partition coefficient (Wildman–Crippen LogP) is 1.91. The third-order valence-corrected chi connectivity index (χ3v) is 5.11. The molecule has 0 amide bonds. The summed E-state index contributed by atoms with van der Waals surface area (Å²) in [4.78, 5) is 4.49. The normalized spacial score (nSPS) is 19.9. The van der Waals surface area contributed by atoms with E-state index in [1.165, 1.54) is 0 Å². The highest BCUT2D eigenvalue weighted by molar-refractivity contribution is 5.47. The van der Waals surface area contributed by atoms with Crippen LogP contribution in [0.25, 0.3) is 11.5 Å². The second-order valence-corrected chi connectivity index (χ2v) is 6.97. The number of para-hydroxylation sites is 2. The third kappa shape index (κ3) is 3.28. The van der Waals surface area contributed by atoms with Crippen molar-refractivity contribution in [1.29, 1.82) is 0 Å². The van der Waals surface area contributed by atoms with E-state index in [1.54, 1.807) is 6.20 Å². The van der Waals surface area contributed by atoms with Gasteiger partial charge in [-0.05, 0) is 38.1 Å². The molecule has 3 aromatic rings. The molecule has 2 aliphatic heterocycles. The molecule has 0 spiro atoms. The molecule has 27 heavy (non-hydrogen) atoms. The lowest BCUT2D eigenvalue weighted by atomic mass is 10.1. The van der Waals surface area contributed by atoms with E-state index in [-0.39, 0.29) is 6.10 Å². The molecule has 0 bridgehead atoms. The molecule has 5 rings (SSSR count). The molecule has 1 aromatic carbocycles. The van der Waals surface area contributed by atoms with E-state index < -0.39 is 0 Å². The molecule has 8 heteroatoms. The Hall–Kier alpha value is -2.87. The molecule has 0 saturated carbocycles. The van der Waals surface area contributed by atoms with Crippen LogP contribution in [-0.2, 0) is 6.54 Å². The van der Waals surface area contributed by atoms with Crippen LogP contribution in [0.5, 0.6) is 11.5 Å². The number of piperidine rings is 1. The fourth-order valence-electron chi connectivity index (χ4n) is 3.69. The molecule has 1 N–H and O–H groups in total. The maximum absolute atomic E-state index is 6.07. The van der Waals surface area contributed by atoms with E-state index in [0.29, 0.717) is 19.2 Å². The Labute approximate surface area is 157 Å². The number of aromatic nitrogens is 5. The van der Waals surface area contributed by atoms with Crippen LogP contribution in [0.1, 0.15) is 18.9 Å². The number of nitrogens with zero attached hydrogens (tertiary/aromatic N) is 5. The standard InChI is InChI=1S/C19H22N6O2/c1-2-4-18-17(3-1)26-13-15(27-18)11-24-10-9-21-19(24)16-12-25(23-22-16)14-5-7-20-8-6-14/h1-4,9-10,12,14-15,20H,5-8,11,13H2. The molecule has 1 atom stereocenters. The zero-order valence-electron chi connectivity index (χ0n) is 15.0. The van der Waals surface area contributed by atoms with Crippen molar-refractivity contribution in [2.75, 3.05) is 19.7 Å². The van der Waals surface area contributed by atoms with E-state index in [2.05, 4.69) is 25.2 Å². The first-order valence-electron chi connectivity index (χ1n) is 9.39. The summed E-state index contributed by atoms with van der Waals surface area (Å²) >= 11 is 0. The van der Waals surface area contributed by atoms with E-state index in [4.69, 9.17) is 9.47 Å². The summed E-state index contributed by atoms with van der Waals surface area (Å²) in [5, 5.41) is 12.1. The summed E-state index contributed by atoms with van der Waals surface area (Å²) in [6.45, 7) is 3.20. The van der Waals surface area contributed by atoms with E-state index in [0.717, 1.165) is 48.9 Å². The van der Waals surface area contributed by atoms with Crippen LogP contribution >= 0.6 is 0 Å². The highest BCUT2D eigenvalue weighted by atomic mass is 16.6. The van der Waals surface area contributed by atoms with Crippen LogP contribution in [0, 0.1) is 0 Å². The van der Waals surface area contributed by atoms with Gasteiger partial charge in [-0.2, -0.15) is 0 Å². The van der Waals surface area contributed by atoms with Gasteiger partial charge < -0.3 is 19.4 Å². The summed E-state index contributed by atoms with van der Waals surface area (Å²) < 4.78 is 15.9. The van der Waals surface area contributed by atoms with Crippen LogP contribution in [0.2, 0.25) is 0 Å².